The summed E-state index contributed by atoms with van der Waals surface area (Å²) in [7, 11) is 0. The minimum Gasteiger partial charge on any atom is -0.387 e. The zero-order chi connectivity index (χ0) is 17.2. The Morgan fingerprint density at radius 2 is 1.96 bits per heavy atom. The van der Waals surface area contributed by atoms with Gasteiger partial charge in [0.15, 0.2) is 0 Å². The molecular formula is C24H33N. The summed E-state index contributed by atoms with van der Waals surface area (Å²) >= 11 is 0. The van der Waals surface area contributed by atoms with Crippen molar-refractivity contribution in [1.29, 1.82) is 0 Å². The number of nitrogens with one attached hydrogen (secondary N) is 1. The first-order valence-corrected chi connectivity index (χ1v) is 10.4. The van der Waals surface area contributed by atoms with Crippen LogP contribution in [0.5, 0.6) is 0 Å². The molecule has 0 bridgehead atoms. The van der Waals surface area contributed by atoms with Gasteiger partial charge < -0.3 is 5.32 Å². The maximum Gasteiger partial charge on any atom is 0.0355 e. The van der Waals surface area contributed by atoms with Gasteiger partial charge in [0.25, 0.3) is 0 Å². The molecule has 0 aromatic rings. The van der Waals surface area contributed by atoms with Gasteiger partial charge in [0, 0.05) is 18.2 Å². The quantitative estimate of drug-likeness (QED) is 0.645. The summed E-state index contributed by atoms with van der Waals surface area (Å²) in [6, 6.07) is 0.578. The van der Waals surface area contributed by atoms with Gasteiger partial charge in [-0.25, -0.2) is 0 Å². The van der Waals surface area contributed by atoms with E-state index in [2.05, 4.69) is 55.7 Å². The summed E-state index contributed by atoms with van der Waals surface area (Å²) in [5, 5.41) is 3.85. The van der Waals surface area contributed by atoms with Crippen molar-refractivity contribution in [3.8, 4) is 0 Å². The van der Waals surface area contributed by atoms with Crippen LogP contribution >= 0.6 is 0 Å². The van der Waals surface area contributed by atoms with Gasteiger partial charge in [-0.1, -0.05) is 49.8 Å². The second-order valence-electron chi connectivity index (χ2n) is 8.63. The summed E-state index contributed by atoms with van der Waals surface area (Å²) in [4.78, 5) is 0. The van der Waals surface area contributed by atoms with Gasteiger partial charge >= 0.3 is 0 Å². The SMILES string of the molecule is CC(C)C1CC(C2=CCCC3=C2CCCC3)=CNC1C1C=CC=CC1. The third-order valence-corrected chi connectivity index (χ3v) is 6.75. The smallest absolute Gasteiger partial charge is 0.0355 e. The standard InChI is InChI=1S/C24H33N/c1-17(2)23-15-20(16-25-24(23)19-10-4-3-5-11-19)22-14-8-12-18-9-6-7-13-21(18)22/h3-5,10,14,16-17,19,23-25H,6-9,11-13,15H2,1-2H3. The topological polar surface area (TPSA) is 12.0 Å². The molecule has 0 saturated heterocycles. The molecule has 1 nitrogen and oxygen atoms in total. The van der Waals surface area contributed by atoms with Gasteiger partial charge in [0.1, 0.15) is 0 Å². The zero-order valence-corrected chi connectivity index (χ0v) is 15.9. The molecule has 0 aromatic heterocycles. The van der Waals surface area contributed by atoms with Crippen molar-refractivity contribution >= 4 is 0 Å². The summed E-state index contributed by atoms with van der Waals surface area (Å²) in [6.07, 6.45) is 24.5. The van der Waals surface area contributed by atoms with Crippen LogP contribution < -0.4 is 5.32 Å². The van der Waals surface area contributed by atoms with Crippen molar-refractivity contribution < 1.29 is 0 Å². The van der Waals surface area contributed by atoms with Crippen molar-refractivity contribution in [3.05, 3.63) is 58.9 Å². The Bertz CT molecular complexity index is 656. The molecule has 0 saturated carbocycles. The van der Waals surface area contributed by atoms with Crippen LogP contribution in [-0.2, 0) is 0 Å². The first kappa shape index (κ1) is 16.9. The lowest BCUT2D eigenvalue weighted by molar-refractivity contribution is 0.233. The van der Waals surface area contributed by atoms with Gasteiger partial charge in [-0.05, 0) is 79.9 Å². The summed E-state index contributed by atoms with van der Waals surface area (Å²) in [5.74, 6) is 2.07. The van der Waals surface area contributed by atoms with Gasteiger partial charge in [-0.15, -0.1) is 0 Å². The Labute approximate surface area is 153 Å². The second-order valence-corrected chi connectivity index (χ2v) is 8.63. The number of rotatable bonds is 3. The van der Waals surface area contributed by atoms with Crippen molar-refractivity contribution in [2.45, 2.75) is 71.3 Å². The Kier molecular flexibility index (Phi) is 5.01. The monoisotopic (exact) mass is 335 g/mol. The van der Waals surface area contributed by atoms with Crippen LogP contribution in [0.15, 0.2) is 58.9 Å². The zero-order valence-electron chi connectivity index (χ0n) is 15.9. The fourth-order valence-electron chi connectivity index (χ4n) is 5.31. The van der Waals surface area contributed by atoms with Gasteiger partial charge in [-0.2, -0.15) is 0 Å². The number of allylic oxidation sites excluding steroid dienone is 8. The Morgan fingerprint density at radius 3 is 2.76 bits per heavy atom. The molecule has 1 heteroatoms. The molecule has 3 unspecified atom stereocenters. The molecule has 0 radical (unpaired) electrons. The van der Waals surface area contributed by atoms with E-state index < -0.39 is 0 Å². The van der Waals surface area contributed by atoms with Crippen molar-refractivity contribution in [1.82, 2.24) is 5.32 Å². The van der Waals surface area contributed by atoms with Crippen molar-refractivity contribution in [3.63, 3.8) is 0 Å². The highest BCUT2D eigenvalue weighted by atomic mass is 14.9. The number of hydrogen-bond acceptors (Lipinski definition) is 1. The maximum atomic E-state index is 3.85. The normalized spacial score (nSPS) is 32.2. The van der Waals surface area contributed by atoms with E-state index in [1.165, 1.54) is 51.4 Å². The predicted molar refractivity (Wildman–Crippen MR) is 107 cm³/mol. The van der Waals surface area contributed by atoms with E-state index >= 15 is 0 Å². The molecule has 3 aliphatic carbocycles. The average Bonchev–Trinajstić information content (AvgIpc) is 2.68. The minimum atomic E-state index is 0.578. The van der Waals surface area contributed by atoms with Gasteiger partial charge in [-0.3, -0.25) is 0 Å². The number of hydrogen-bond donors (Lipinski definition) is 1. The first-order chi connectivity index (χ1) is 12.2. The average molecular weight is 336 g/mol. The Balaban J connectivity index is 1.58. The Morgan fingerprint density at radius 1 is 1.08 bits per heavy atom. The lowest BCUT2D eigenvalue weighted by Gasteiger charge is -2.40. The maximum absolute atomic E-state index is 3.85. The van der Waals surface area contributed by atoms with Crippen LogP contribution in [0, 0.1) is 17.8 Å². The van der Waals surface area contributed by atoms with E-state index in [9.17, 15) is 0 Å². The van der Waals surface area contributed by atoms with E-state index in [1.54, 1.807) is 22.3 Å². The predicted octanol–water partition coefficient (Wildman–Crippen LogP) is 6.23. The molecule has 1 aliphatic heterocycles. The van der Waals surface area contributed by atoms with Crippen molar-refractivity contribution in [2.75, 3.05) is 0 Å². The van der Waals surface area contributed by atoms with Crippen LogP contribution in [0.4, 0.5) is 0 Å². The summed E-state index contributed by atoms with van der Waals surface area (Å²) < 4.78 is 0. The molecule has 4 aliphatic rings. The molecule has 134 valence electrons. The van der Waals surface area contributed by atoms with Gasteiger partial charge in [0.05, 0.1) is 0 Å². The molecule has 0 amide bonds. The van der Waals surface area contributed by atoms with Crippen LogP contribution in [0.25, 0.3) is 0 Å². The molecule has 0 aromatic carbocycles. The minimum absolute atomic E-state index is 0.578. The van der Waals surface area contributed by atoms with E-state index in [-0.39, 0.29) is 0 Å². The first-order valence-electron chi connectivity index (χ1n) is 10.4. The van der Waals surface area contributed by atoms with Crippen LogP contribution in [0.3, 0.4) is 0 Å². The fraction of sp³-hybridized carbons (Fsp3) is 0.583. The van der Waals surface area contributed by atoms with E-state index in [4.69, 9.17) is 0 Å². The molecule has 1 heterocycles. The van der Waals surface area contributed by atoms with Crippen LogP contribution in [-0.4, -0.2) is 6.04 Å². The van der Waals surface area contributed by atoms with Gasteiger partial charge in [0.2, 0.25) is 0 Å². The Hall–Kier alpha value is -1.50. The molecule has 0 spiro atoms. The fourth-order valence-corrected chi connectivity index (χ4v) is 5.31. The van der Waals surface area contributed by atoms with E-state index in [1.807, 2.05) is 0 Å². The molecule has 25 heavy (non-hydrogen) atoms. The summed E-state index contributed by atoms with van der Waals surface area (Å²) in [6.45, 7) is 4.82. The van der Waals surface area contributed by atoms with Crippen LogP contribution in [0.1, 0.15) is 65.2 Å². The van der Waals surface area contributed by atoms with E-state index in [0.29, 0.717) is 17.9 Å². The molecular weight excluding hydrogens is 302 g/mol. The largest absolute Gasteiger partial charge is 0.387 e. The highest BCUT2D eigenvalue weighted by Gasteiger charge is 2.34. The van der Waals surface area contributed by atoms with Crippen LogP contribution in [0.2, 0.25) is 0 Å². The second kappa shape index (κ2) is 7.40. The highest BCUT2D eigenvalue weighted by molar-refractivity contribution is 5.52. The molecule has 1 N–H and O–H groups in total. The lowest BCUT2D eigenvalue weighted by atomic mass is 9.71. The highest BCUT2D eigenvalue weighted by Crippen LogP contribution is 2.43. The van der Waals surface area contributed by atoms with Crippen molar-refractivity contribution in [2.24, 2.45) is 17.8 Å². The summed E-state index contributed by atoms with van der Waals surface area (Å²) in [5.41, 5.74) is 6.68. The third kappa shape index (κ3) is 3.43. The van der Waals surface area contributed by atoms with E-state index in [0.717, 1.165) is 5.92 Å². The molecule has 0 fully saturated rings. The lowest BCUT2D eigenvalue weighted by Crippen LogP contribution is -2.44. The molecule has 3 atom stereocenters. The molecule has 4 rings (SSSR count). The third-order valence-electron chi connectivity index (χ3n) is 6.75.